The minimum Gasteiger partial charge on any atom is -0.479 e. The molecule has 0 aliphatic rings. The van der Waals surface area contributed by atoms with Crippen LogP contribution in [0.1, 0.15) is 17.2 Å². The van der Waals surface area contributed by atoms with Crippen molar-refractivity contribution >= 4 is 29.2 Å². The lowest BCUT2D eigenvalue weighted by molar-refractivity contribution is -0.147. The van der Waals surface area contributed by atoms with Crippen molar-refractivity contribution in [3.63, 3.8) is 0 Å². The Labute approximate surface area is 90.9 Å². The molecule has 0 aliphatic heterocycles. The van der Waals surface area contributed by atoms with Gasteiger partial charge in [0.1, 0.15) is 0 Å². The molecule has 0 heterocycles. The molecule has 0 saturated carbocycles. The summed E-state index contributed by atoms with van der Waals surface area (Å²) in [7, 11) is 0. The number of aliphatic hydroxyl groups excluding tert-OH is 1. The van der Waals surface area contributed by atoms with Gasteiger partial charge in [-0.05, 0) is 24.1 Å². The van der Waals surface area contributed by atoms with Gasteiger partial charge in [-0.3, -0.25) is 0 Å². The highest BCUT2D eigenvalue weighted by Crippen LogP contribution is 2.30. The molecule has 14 heavy (non-hydrogen) atoms. The molecule has 1 rings (SSSR count). The summed E-state index contributed by atoms with van der Waals surface area (Å²) in [6.45, 7) is 1.61. The Kier molecular flexibility index (Phi) is 3.37. The van der Waals surface area contributed by atoms with Crippen LogP contribution in [-0.2, 0) is 4.79 Å². The van der Waals surface area contributed by atoms with Gasteiger partial charge in [-0.2, -0.15) is 0 Å². The summed E-state index contributed by atoms with van der Waals surface area (Å²) in [5.41, 5.74) is 0.737. The molecule has 1 aromatic carbocycles. The van der Waals surface area contributed by atoms with E-state index in [-0.39, 0.29) is 10.6 Å². The maximum absolute atomic E-state index is 10.5. The fourth-order valence-electron chi connectivity index (χ4n) is 1.10. The SMILES string of the molecule is Cc1c(C(O)C(=O)O)ccc(Cl)c1Cl. The second-order valence-corrected chi connectivity index (χ2v) is 3.60. The van der Waals surface area contributed by atoms with E-state index in [9.17, 15) is 9.90 Å². The number of rotatable bonds is 2. The molecule has 1 unspecified atom stereocenters. The third kappa shape index (κ3) is 2.00. The molecule has 0 bridgehead atoms. The quantitative estimate of drug-likeness (QED) is 0.827. The summed E-state index contributed by atoms with van der Waals surface area (Å²) < 4.78 is 0. The number of halogens is 2. The van der Waals surface area contributed by atoms with Gasteiger partial charge >= 0.3 is 5.97 Å². The fraction of sp³-hybridized carbons (Fsp3) is 0.222. The summed E-state index contributed by atoms with van der Waals surface area (Å²) >= 11 is 11.5. The third-order valence-corrected chi connectivity index (χ3v) is 2.81. The Hall–Kier alpha value is -0.770. The van der Waals surface area contributed by atoms with Crippen LogP contribution in [0.25, 0.3) is 0 Å². The average Bonchev–Trinajstić information content (AvgIpc) is 2.13. The van der Waals surface area contributed by atoms with Crippen LogP contribution in [0.5, 0.6) is 0 Å². The van der Waals surface area contributed by atoms with Gasteiger partial charge < -0.3 is 10.2 Å². The molecule has 0 amide bonds. The highest BCUT2D eigenvalue weighted by Gasteiger charge is 2.19. The number of hydrogen-bond acceptors (Lipinski definition) is 2. The zero-order chi connectivity index (χ0) is 10.9. The van der Waals surface area contributed by atoms with Crippen molar-refractivity contribution in [1.29, 1.82) is 0 Å². The van der Waals surface area contributed by atoms with Crippen molar-refractivity contribution in [3.8, 4) is 0 Å². The van der Waals surface area contributed by atoms with Gasteiger partial charge in [0.15, 0.2) is 6.10 Å². The standard InChI is InChI=1S/C9H8Cl2O3/c1-4-5(8(12)9(13)14)2-3-6(10)7(4)11/h2-3,8,12H,1H3,(H,13,14). The highest BCUT2D eigenvalue weighted by molar-refractivity contribution is 6.42. The maximum atomic E-state index is 10.5. The summed E-state index contributed by atoms with van der Waals surface area (Å²) in [4.78, 5) is 10.5. The molecular weight excluding hydrogens is 227 g/mol. The fourth-order valence-corrected chi connectivity index (χ4v) is 1.47. The van der Waals surface area contributed by atoms with Gasteiger partial charge in [0.2, 0.25) is 0 Å². The van der Waals surface area contributed by atoms with Gasteiger partial charge in [-0.25, -0.2) is 4.79 Å². The Balaban J connectivity index is 3.24. The van der Waals surface area contributed by atoms with Crippen LogP contribution < -0.4 is 0 Å². The van der Waals surface area contributed by atoms with Crippen molar-refractivity contribution in [2.45, 2.75) is 13.0 Å². The first-order valence-corrected chi connectivity index (χ1v) is 4.56. The molecular formula is C9H8Cl2O3. The Morgan fingerprint density at radius 3 is 2.50 bits per heavy atom. The van der Waals surface area contributed by atoms with Crippen molar-refractivity contribution in [3.05, 3.63) is 33.3 Å². The smallest absolute Gasteiger partial charge is 0.337 e. The van der Waals surface area contributed by atoms with Crippen LogP contribution in [0.3, 0.4) is 0 Å². The van der Waals surface area contributed by atoms with Crippen LogP contribution in [0.4, 0.5) is 0 Å². The molecule has 3 nitrogen and oxygen atoms in total. The molecule has 76 valence electrons. The minimum absolute atomic E-state index is 0.256. The normalized spacial score (nSPS) is 12.6. The van der Waals surface area contributed by atoms with E-state index >= 15 is 0 Å². The monoisotopic (exact) mass is 234 g/mol. The molecule has 0 aliphatic carbocycles. The van der Waals surface area contributed by atoms with Crippen molar-refractivity contribution in [2.24, 2.45) is 0 Å². The molecule has 0 saturated heterocycles. The van der Waals surface area contributed by atoms with Gasteiger partial charge in [-0.15, -0.1) is 0 Å². The van der Waals surface area contributed by atoms with Gasteiger partial charge in [-0.1, -0.05) is 29.3 Å². The largest absolute Gasteiger partial charge is 0.479 e. The van der Waals surface area contributed by atoms with E-state index in [4.69, 9.17) is 28.3 Å². The van der Waals surface area contributed by atoms with Gasteiger partial charge in [0, 0.05) is 0 Å². The third-order valence-electron chi connectivity index (χ3n) is 1.91. The summed E-state index contributed by atoms with van der Waals surface area (Å²) in [5, 5.41) is 18.5. The number of aliphatic hydroxyl groups is 1. The molecule has 0 radical (unpaired) electrons. The maximum Gasteiger partial charge on any atom is 0.337 e. The van der Waals surface area contributed by atoms with E-state index in [1.165, 1.54) is 12.1 Å². The van der Waals surface area contributed by atoms with Crippen LogP contribution in [-0.4, -0.2) is 16.2 Å². The lowest BCUT2D eigenvalue weighted by atomic mass is 10.0. The number of carbonyl (C=O) groups is 1. The number of aliphatic carboxylic acids is 1. The first-order chi connectivity index (χ1) is 6.45. The molecule has 0 spiro atoms. The lowest BCUT2D eigenvalue weighted by Gasteiger charge is -2.11. The van der Waals surface area contributed by atoms with Gasteiger partial charge in [0.25, 0.3) is 0 Å². The number of benzene rings is 1. The number of carboxylic acid groups (broad SMARTS) is 1. The molecule has 1 aromatic rings. The van der Waals surface area contributed by atoms with E-state index in [2.05, 4.69) is 0 Å². The highest BCUT2D eigenvalue weighted by atomic mass is 35.5. The zero-order valence-corrected chi connectivity index (χ0v) is 8.80. The second kappa shape index (κ2) is 4.17. The Morgan fingerprint density at radius 1 is 1.43 bits per heavy atom. The van der Waals surface area contributed by atoms with E-state index in [0.717, 1.165) is 0 Å². The second-order valence-electron chi connectivity index (χ2n) is 2.82. The molecule has 2 N–H and O–H groups in total. The summed E-state index contributed by atoms with van der Waals surface area (Å²) in [6.07, 6.45) is -1.57. The van der Waals surface area contributed by atoms with E-state index in [0.29, 0.717) is 10.6 Å². The average molecular weight is 235 g/mol. The topological polar surface area (TPSA) is 57.5 Å². The Bertz CT molecular complexity index is 377. The summed E-state index contributed by atoms with van der Waals surface area (Å²) in [5.74, 6) is -1.31. The van der Waals surface area contributed by atoms with E-state index in [1.807, 2.05) is 0 Å². The van der Waals surface area contributed by atoms with E-state index in [1.54, 1.807) is 6.92 Å². The summed E-state index contributed by atoms with van der Waals surface area (Å²) in [6, 6.07) is 2.90. The zero-order valence-electron chi connectivity index (χ0n) is 7.29. The molecule has 0 aromatic heterocycles. The lowest BCUT2D eigenvalue weighted by Crippen LogP contribution is -2.11. The van der Waals surface area contributed by atoms with E-state index < -0.39 is 12.1 Å². The van der Waals surface area contributed by atoms with Crippen LogP contribution in [0.15, 0.2) is 12.1 Å². The predicted molar refractivity (Wildman–Crippen MR) is 53.8 cm³/mol. The van der Waals surface area contributed by atoms with Crippen molar-refractivity contribution in [1.82, 2.24) is 0 Å². The number of hydrogen-bond donors (Lipinski definition) is 2. The first-order valence-electron chi connectivity index (χ1n) is 3.80. The van der Waals surface area contributed by atoms with Crippen LogP contribution >= 0.6 is 23.2 Å². The first kappa shape index (κ1) is 11.3. The molecule has 5 heteroatoms. The van der Waals surface area contributed by atoms with Crippen molar-refractivity contribution < 1.29 is 15.0 Å². The van der Waals surface area contributed by atoms with Crippen LogP contribution in [0, 0.1) is 6.92 Å². The Morgan fingerprint density at radius 2 is 2.00 bits per heavy atom. The predicted octanol–water partition coefficient (Wildman–Crippen LogP) is 2.42. The molecule has 0 fully saturated rings. The number of carboxylic acids is 1. The van der Waals surface area contributed by atoms with Crippen molar-refractivity contribution in [2.75, 3.05) is 0 Å². The van der Waals surface area contributed by atoms with Crippen LogP contribution in [0.2, 0.25) is 10.0 Å². The van der Waals surface area contributed by atoms with Gasteiger partial charge in [0.05, 0.1) is 10.0 Å². The molecule has 1 atom stereocenters. The minimum atomic E-state index is -1.57.